The van der Waals surface area contributed by atoms with Gasteiger partial charge in [-0.3, -0.25) is 9.59 Å². The van der Waals surface area contributed by atoms with Crippen molar-refractivity contribution in [3.63, 3.8) is 0 Å². The van der Waals surface area contributed by atoms with Crippen LogP contribution in [0, 0.1) is 0 Å². The second-order valence-electron chi connectivity index (χ2n) is 7.66. The maximum atomic E-state index is 12.7. The second kappa shape index (κ2) is 10.1. The highest BCUT2D eigenvalue weighted by molar-refractivity contribution is 7.89. The van der Waals surface area contributed by atoms with Crippen LogP contribution in [0.2, 0.25) is 0 Å². The summed E-state index contributed by atoms with van der Waals surface area (Å²) in [6.07, 6.45) is 1.93. The van der Waals surface area contributed by atoms with Gasteiger partial charge in [-0.1, -0.05) is 6.42 Å². The number of benzene rings is 2. The molecule has 1 aliphatic rings. The van der Waals surface area contributed by atoms with Crippen LogP contribution < -0.4 is 14.8 Å². The molecule has 1 amide bonds. The summed E-state index contributed by atoms with van der Waals surface area (Å²) in [6.45, 7) is 4.11. The quantitative estimate of drug-likeness (QED) is 0.605. The monoisotopic (exact) mass is 460 g/mol. The highest BCUT2D eigenvalue weighted by Gasteiger charge is 2.26. The molecule has 0 radical (unpaired) electrons. The van der Waals surface area contributed by atoms with Crippen LogP contribution in [0.5, 0.6) is 11.5 Å². The SMILES string of the molecule is COc1cc(C(C)=O)ccc1OC(C)C(=O)Nc1ccc(S(=O)(=O)N2CCCCC2)cc1. The number of rotatable bonds is 8. The molecule has 1 heterocycles. The lowest BCUT2D eigenvalue weighted by Crippen LogP contribution is -2.35. The molecule has 9 heteroatoms. The Morgan fingerprint density at radius 3 is 2.25 bits per heavy atom. The summed E-state index contributed by atoms with van der Waals surface area (Å²) >= 11 is 0. The number of nitrogens with zero attached hydrogens (tertiary/aromatic N) is 1. The molecule has 2 aromatic carbocycles. The van der Waals surface area contributed by atoms with Gasteiger partial charge in [0.2, 0.25) is 10.0 Å². The summed E-state index contributed by atoms with van der Waals surface area (Å²) in [5.41, 5.74) is 0.938. The summed E-state index contributed by atoms with van der Waals surface area (Å²) < 4.78 is 38.0. The maximum absolute atomic E-state index is 12.7. The van der Waals surface area contributed by atoms with Crippen LogP contribution in [0.4, 0.5) is 5.69 Å². The average Bonchev–Trinajstić information content (AvgIpc) is 2.80. The van der Waals surface area contributed by atoms with Gasteiger partial charge >= 0.3 is 0 Å². The van der Waals surface area contributed by atoms with Gasteiger partial charge in [-0.25, -0.2) is 8.42 Å². The first kappa shape index (κ1) is 23.7. The van der Waals surface area contributed by atoms with E-state index in [-0.39, 0.29) is 10.7 Å². The van der Waals surface area contributed by atoms with Crippen molar-refractivity contribution in [2.24, 2.45) is 0 Å². The van der Waals surface area contributed by atoms with Crippen LogP contribution in [0.3, 0.4) is 0 Å². The number of hydrogen-bond donors (Lipinski definition) is 1. The summed E-state index contributed by atoms with van der Waals surface area (Å²) in [4.78, 5) is 24.3. The highest BCUT2D eigenvalue weighted by Crippen LogP contribution is 2.29. The Morgan fingerprint density at radius 1 is 1.00 bits per heavy atom. The number of ketones is 1. The van der Waals surface area contributed by atoms with E-state index in [0.29, 0.717) is 35.8 Å². The Balaban J connectivity index is 1.65. The lowest BCUT2D eigenvalue weighted by atomic mass is 10.1. The molecule has 0 aromatic heterocycles. The number of amides is 1. The van der Waals surface area contributed by atoms with Crippen molar-refractivity contribution >= 4 is 27.4 Å². The van der Waals surface area contributed by atoms with E-state index in [2.05, 4.69) is 5.32 Å². The second-order valence-corrected chi connectivity index (χ2v) is 9.60. The normalized spacial score (nSPS) is 15.6. The Morgan fingerprint density at radius 2 is 1.66 bits per heavy atom. The van der Waals surface area contributed by atoms with Crippen molar-refractivity contribution < 1.29 is 27.5 Å². The molecule has 3 rings (SSSR count). The number of ether oxygens (including phenoxy) is 2. The summed E-state index contributed by atoms with van der Waals surface area (Å²) in [5, 5.41) is 2.72. The number of sulfonamides is 1. The molecule has 1 N–H and O–H groups in total. The number of carbonyl (C=O) groups excluding carboxylic acids is 2. The zero-order chi connectivity index (χ0) is 23.3. The lowest BCUT2D eigenvalue weighted by molar-refractivity contribution is -0.122. The van der Waals surface area contributed by atoms with Gasteiger partial charge in [-0.15, -0.1) is 0 Å². The van der Waals surface area contributed by atoms with E-state index in [9.17, 15) is 18.0 Å². The van der Waals surface area contributed by atoms with Gasteiger partial charge in [-0.2, -0.15) is 4.31 Å². The molecule has 1 aliphatic heterocycles. The molecular formula is C23H28N2O6S. The zero-order valence-corrected chi connectivity index (χ0v) is 19.3. The highest BCUT2D eigenvalue weighted by atomic mass is 32.2. The molecule has 0 spiro atoms. The van der Waals surface area contributed by atoms with Gasteiger partial charge in [-0.05, 0) is 69.2 Å². The van der Waals surface area contributed by atoms with Crippen LogP contribution in [0.15, 0.2) is 47.4 Å². The van der Waals surface area contributed by atoms with Crippen molar-refractivity contribution in [2.75, 3.05) is 25.5 Å². The first-order chi connectivity index (χ1) is 15.2. The van der Waals surface area contributed by atoms with E-state index in [0.717, 1.165) is 19.3 Å². The van der Waals surface area contributed by atoms with Crippen LogP contribution >= 0.6 is 0 Å². The van der Waals surface area contributed by atoms with E-state index in [1.54, 1.807) is 37.3 Å². The van der Waals surface area contributed by atoms with Crippen LogP contribution in [-0.2, 0) is 14.8 Å². The van der Waals surface area contributed by atoms with Crippen molar-refractivity contribution in [1.29, 1.82) is 0 Å². The Hall–Kier alpha value is -2.91. The Labute approximate surface area is 188 Å². The first-order valence-electron chi connectivity index (χ1n) is 10.5. The summed E-state index contributed by atoms with van der Waals surface area (Å²) in [7, 11) is -2.07. The van der Waals surface area contributed by atoms with Crippen molar-refractivity contribution in [3.05, 3.63) is 48.0 Å². The molecule has 32 heavy (non-hydrogen) atoms. The zero-order valence-electron chi connectivity index (χ0n) is 18.5. The third kappa shape index (κ3) is 5.46. The van der Waals surface area contributed by atoms with Gasteiger partial charge < -0.3 is 14.8 Å². The third-order valence-electron chi connectivity index (χ3n) is 5.32. The third-order valence-corrected chi connectivity index (χ3v) is 7.23. The Kier molecular flexibility index (Phi) is 7.52. The predicted molar refractivity (Wildman–Crippen MR) is 121 cm³/mol. The van der Waals surface area contributed by atoms with Crippen molar-refractivity contribution in [1.82, 2.24) is 4.31 Å². The number of anilines is 1. The minimum Gasteiger partial charge on any atom is -0.493 e. The number of nitrogens with one attached hydrogen (secondary N) is 1. The molecular weight excluding hydrogens is 432 g/mol. The van der Waals surface area contributed by atoms with Gasteiger partial charge in [0.1, 0.15) is 0 Å². The van der Waals surface area contributed by atoms with Gasteiger partial charge in [0.25, 0.3) is 5.91 Å². The van der Waals surface area contributed by atoms with Crippen LogP contribution in [0.25, 0.3) is 0 Å². The smallest absolute Gasteiger partial charge is 0.265 e. The predicted octanol–water partition coefficient (Wildman–Crippen LogP) is 3.48. The van der Waals surface area contributed by atoms with E-state index in [4.69, 9.17) is 9.47 Å². The van der Waals surface area contributed by atoms with Gasteiger partial charge in [0.05, 0.1) is 12.0 Å². The topological polar surface area (TPSA) is 102 Å². The molecule has 2 aromatic rings. The van der Waals surface area contributed by atoms with Gasteiger partial charge in [0, 0.05) is 24.3 Å². The number of Topliss-reactive ketones (excluding diaryl/α,β-unsaturated/α-hetero) is 1. The molecule has 8 nitrogen and oxygen atoms in total. The van der Waals surface area contributed by atoms with Crippen LogP contribution in [0.1, 0.15) is 43.5 Å². The fraction of sp³-hybridized carbons (Fsp3) is 0.391. The largest absolute Gasteiger partial charge is 0.493 e. The van der Waals surface area contributed by atoms with E-state index < -0.39 is 22.0 Å². The molecule has 172 valence electrons. The van der Waals surface area contributed by atoms with E-state index in [1.165, 1.54) is 30.5 Å². The van der Waals surface area contributed by atoms with Crippen LogP contribution in [-0.4, -0.2) is 50.7 Å². The number of carbonyl (C=O) groups is 2. The minimum absolute atomic E-state index is 0.105. The first-order valence-corrected chi connectivity index (χ1v) is 11.9. The standard InChI is InChI=1S/C23H28N2O6S/c1-16(26)18-7-12-21(22(15-18)30-3)31-17(2)23(27)24-19-8-10-20(11-9-19)32(28,29)25-13-5-4-6-14-25/h7-12,15,17H,4-6,13-14H2,1-3H3,(H,24,27). The van der Waals surface area contributed by atoms with E-state index in [1.807, 2.05) is 0 Å². The fourth-order valence-corrected chi connectivity index (χ4v) is 4.95. The summed E-state index contributed by atoms with van der Waals surface area (Å²) in [6, 6.07) is 10.9. The number of piperidine rings is 1. The number of methoxy groups -OCH3 is 1. The molecule has 1 fully saturated rings. The summed E-state index contributed by atoms with van der Waals surface area (Å²) in [5.74, 6) is 0.175. The molecule has 1 atom stereocenters. The molecule has 1 unspecified atom stereocenters. The maximum Gasteiger partial charge on any atom is 0.265 e. The molecule has 0 aliphatic carbocycles. The molecule has 0 saturated carbocycles. The Bertz CT molecular complexity index is 1080. The fourth-order valence-electron chi connectivity index (χ4n) is 3.44. The van der Waals surface area contributed by atoms with Crippen molar-refractivity contribution in [2.45, 2.75) is 44.1 Å². The van der Waals surface area contributed by atoms with Gasteiger partial charge in [0.15, 0.2) is 23.4 Å². The molecule has 1 saturated heterocycles. The van der Waals surface area contributed by atoms with Crippen molar-refractivity contribution in [3.8, 4) is 11.5 Å². The average molecular weight is 461 g/mol. The number of hydrogen-bond acceptors (Lipinski definition) is 6. The minimum atomic E-state index is -3.52. The molecule has 0 bridgehead atoms. The van der Waals surface area contributed by atoms with E-state index >= 15 is 0 Å². The lowest BCUT2D eigenvalue weighted by Gasteiger charge is -2.25.